The fourth-order valence-electron chi connectivity index (χ4n) is 2.35. The van der Waals surface area contributed by atoms with Crippen molar-refractivity contribution >= 4 is 0 Å². The van der Waals surface area contributed by atoms with Crippen molar-refractivity contribution in [3.8, 4) is 34.8 Å². The highest BCUT2D eigenvalue weighted by Gasteiger charge is 2.32. The Bertz CT molecular complexity index is 1090. The van der Waals surface area contributed by atoms with Crippen LogP contribution in [0.5, 0.6) is 17.5 Å². The number of hydrogen-bond donors (Lipinski definition) is 0. The first-order valence-electron chi connectivity index (χ1n) is 8.03. The van der Waals surface area contributed by atoms with Crippen LogP contribution < -0.4 is 9.47 Å². The molecule has 0 saturated heterocycles. The van der Waals surface area contributed by atoms with Crippen LogP contribution in [0.15, 0.2) is 54.7 Å². The van der Waals surface area contributed by atoms with Crippen molar-refractivity contribution in [3.05, 3.63) is 65.9 Å². The van der Waals surface area contributed by atoms with Gasteiger partial charge < -0.3 is 9.47 Å². The van der Waals surface area contributed by atoms with Crippen molar-refractivity contribution in [2.75, 3.05) is 0 Å². The maximum atomic E-state index is 12.7. The van der Waals surface area contributed by atoms with E-state index in [0.29, 0.717) is 0 Å². The fraction of sp³-hybridized carbons (Fsp3) is 0.105. The molecule has 0 aliphatic heterocycles. The van der Waals surface area contributed by atoms with Gasteiger partial charge in [0.15, 0.2) is 0 Å². The van der Waals surface area contributed by atoms with E-state index in [-0.39, 0.29) is 28.5 Å². The first-order valence-corrected chi connectivity index (χ1v) is 8.03. The number of nitriles is 1. The number of benzene rings is 1. The summed E-state index contributed by atoms with van der Waals surface area (Å²) in [5.41, 5.74) is -0.358. The summed E-state index contributed by atoms with van der Waals surface area (Å²) in [6.45, 7) is 0. The van der Waals surface area contributed by atoms with Crippen LogP contribution in [0.4, 0.5) is 26.3 Å². The number of alkyl halides is 6. The van der Waals surface area contributed by atoms with Gasteiger partial charge >= 0.3 is 12.5 Å². The summed E-state index contributed by atoms with van der Waals surface area (Å²) in [5, 5.41) is 9.18. The van der Waals surface area contributed by atoms with E-state index >= 15 is 0 Å². The third kappa shape index (κ3) is 5.38. The Morgan fingerprint density at radius 1 is 0.867 bits per heavy atom. The molecule has 5 nitrogen and oxygen atoms in total. The van der Waals surface area contributed by atoms with Gasteiger partial charge in [0.2, 0.25) is 11.8 Å². The van der Waals surface area contributed by atoms with E-state index in [1.54, 1.807) is 0 Å². The predicted molar refractivity (Wildman–Crippen MR) is 90.4 cm³/mol. The Morgan fingerprint density at radius 3 is 2.17 bits per heavy atom. The summed E-state index contributed by atoms with van der Waals surface area (Å²) in [6.07, 6.45) is -8.44. The normalized spacial score (nSPS) is 11.6. The number of aromatic nitrogens is 2. The molecule has 3 rings (SSSR count). The summed E-state index contributed by atoms with van der Waals surface area (Å²) < 4.78 is 84.2. The lowest BCUT2D eigenvalue weighted by Gasteiger charge is -2.11. The van der Waals surface area contributed by atoms with Crippen LogP contribution in [0, 0.1) is 11.3 Å². The molecule has 154 valence electrons. The molecule has 11 heteroatoms. The molecule has 0 fully saturated rings. The van der Waals surface area contributed by atoms with Gasteiger partial charge in [-0.25, -0.2) is 9.97 Å². The average Bonchev–Trinajstić information content (AvgIpc) is 2.66. The molecule has 0 saturated carbocycles. The molecular weight excluding hydrogens is 416 g/mol. The van der Waals surface area contributed by atoms with Crippen LogP contribution in [0.2, 0.25) is 0 Å². The minimum Gasteiger partial charge on any atom is -0.439 e. The standard InChI is InChI=1S/C19H9F6N3O2/c20-18(21,22)13-3-1-12(2-4-13)15-7-11(10-26)8-17(28-15)29-14-5-6-27-16(9-14)30-19(23,24)25/h1-9H. The van der Waals surface area contributed by atoms with E-state index in [4.69, 9.17) is 4.74 Å². The maximum Gasteiger partial charge on any atom is 0.574 e. The number of nitrogens with zero attached hydrogens (tertiary/aromatic N) is 3. The summed E-state index contributed by atoms with van der Waals surface area (Å²) in [6, 6.07) is 10.6. The van der Waals surface area contributed by atoms with Crippen LogP contribution in [-0.2, 0) is 6.18 Å². The molecule has 0 unspecified atom stereocenters. The summed E-state index contributed by atoms with van der Waals surface area (Å²) in [7, 11) is 0. The van der Waals surface area contributed by atoms with Gasteiger partial charge in [0.05, 0.1) is 22.9 Å². The Kier molecular flexibility index (Phi) is 5.51. The third-order valence-electron chi connectivity index (χ3n) is 3.59. The SMILES string of the molecule is N#Cc1cc(Oc2ccnc(OC(F)(F)F)c2)nc(-c2ccc(C(F)(F)F)cc2)c1. The van der Waals surface area contributed by atoms with Gasteiger partial charge in [-0.2, -0.15) is 18.4 Å². The second-order valence-electron chi connectivity index (χ2n) is 5.75. The first-order chi connectivity index (χ1) is 14.0. The smallest absolute Gasteiger partial charge is 0.439 e. The summed E-state index contributed by atoms with van der Waals surface area (Å²) >= 11 is 0. The number of ether oxygens (including phenoxy) is 2. The second kappa shape index (κ2) is 7.90. The maximum absolute atomic E-state index is 12.7. The Hall–Kier alpha value is -3.81. The molecule has 0 spiro atoms. The number of rotatable bonds is 4. The molecule has 0 bridgehead atoms. The van der Waals surface area contributed by atoms with Gasteiger partial charge in [0.25, 0.3) is 0 Å². The highest BCUT2D eigenvalue weighted by Crippen LogP contribution is 2.32. The lowest BCUT2D eigenvalue weighted by molar-refractivity contribution is -0.276. The molecule has 2 aromatic heterocycles. The van der Waals surface area contributed by atoms with Crippen molar-refractivity contribution in [2.24, 2.45) is 0 Å². The van der Waals surface area contributed by atoms with Crippen molar-refractivity contribution in [2.45, 2.75) is 12.5 Å². The first kappa shape index (κ1) is 20.9. The molecule has 0 amide bonds. The molecule has 0 N–H and O–H groups in total. The number of hydrogen-bond acceptors (Lipinski definition) is 5. The van der Waals surface area contributed by atoms with Crippen LogP contribution in [0.1, 0.15) is 11.1 Å². The number of pyridine rings is 2. The zero-order valence-electron chi connectivity index (χ0n) is 14.6. The van der Waals surface area contributed by atoms with Gasteiger partial charge in [-0.3, -0.25) is 0 Å². The molecule has 2 heterocycles. The Balaban J connectivity index is 1.91. The Morgan fingerprint density at radius 2 is 1.57 bits per heavy atom. The Labute approximate surface area is 165 Å². The zero-order valence-corrected chi connectivity index (χ0v) is 14.6. The highest BCUT2D eigenvalue weighted by atomic mass is 19.4. The minimum atomic E-state index is -4.94. The monoisotopic (exact) mass is 425 g/mol. The predicted octanol–water partition coefficient (Wildman–Crippen LogP) is 5.72. The van der Waals surface area contributed by atoms with Gasteiger partial charge in [-0.05, 0) is 24.3 Å². The number of halogens is 6. The van der Waals surface area contributed by atoms with Crippen molar-refractivity contribution in [1.82, 2.24) is 9.97 Å². The van der Waals surface area contributed by atoms with E-state index in [1.165, 1.54) is 30.3 Å². The van der Waals surface area contributed by atoms with E-state index in [0.717, 1.165) is 24.4 Å². The van der Waals surface area contributed by atoms with Crippen molar-refractivity contribution in [3.63, 3.8) is 0 Å². The van der Waals surface area contributed by atoms with Crippen LogP contribution in [-0.4, -0.2) is 16.3 Å². The van der Waals surface area contributed by atoms with E-state index in [1.807, 2.05) is 6.07 Å². The average molecular weight is 425 g/mol. The lowest BCUT2D eigenvalue weighted by atomic mass is 10.1. The van der Waals surface area contributed by atoms with Gasteiger partial charge in [0.1, 0.15) is 5.75 Å². The van der Waals surface area contributed by atoms with E-state index in [2.05, 4.69) is 14.7 Å². The van der Waals surface area contributed by atoms with Crippen LogP contribution >= 0.6 is 0 Å². The molecule has 3 aromatic rings. The topological polar surface area (TPSA) is 68.0 Å². The van der Waals surface area contributed by atoms with Crippen LogP contribution in [0.3, 0.4) is 0 Å². The molecule has 30 heavy (non-hydrogen) atoms. The van der Waals surface area contributed by atoms with Gasteiger partial charge in [0, 0.05) is 23.9 Å². The van der Waals surface area contributed by atoms with Gasteiger partial charge in [-0.1, -0.05) is 12.1 Å². The summed E-state index contributed by atoms with van der Waals surface area (Å²) in [5.74, 6) is -1.03. The largest absolute Gasteiger partial charge is 0.574 e. The second-order valence-corrected chi connectivity index (χ2v) is 5.75. The van der Waals surface area contributed by atoms with Crippen molar-refractivity contribution in [1.29, 1.82) is 5.26 Å². The highest BCUT2D eigenvalue weighted by molar-refractivity contribution is 5.62. The molecule has 0 radical (unpaired) electrons. The summed E-state index contributed by atoms with van der Waals surface area (Å²) in [4.78, 5) is 7.51. The lowest BCUT2D eigenvalue weighted by Crippen LogP contribution is -2.17. The molecule has 0 aliphatic carbocycles. The zero-order chi connectivity index (χ0) is 21.9. The minimum absolute atomic E-state index is 0.0794. The third-order valence-corrected chi connectivity index (χ3v) is 3.59. The molecule has 1 aromatic carbocycles. The van der Waals surface area contributed by atoms with Gasteiger partial charge in [-0.15, -0.1) is 13.2 Å². The fourth-order valence-corrected chi connectivity index (χ4v) is 2.35. The van der Waals surface area contributed by atoms with E-state index in [9.17, 15) is 31.6 Å². The quantitative estimate of drug-likeness (QED) is 0.500. The molecule has 0 atom stereocenters. The molecular formula is C19H9F6N3O2. The van der Waals surface area contributed by atoms with E-state index < -0.39 is 24.0 Å². The van der Waals surface area contributed by atoms with Crippen molar-refractivity contribution < 1.29 is 35.8 Å². The van der Waals surface area contributed by atoms with Crippen LogP contribution in [0.25, 0.3) is 11.3 Å². The molecule has 0 aliphatic rings.